The number of hydrogen-bond donors (Lipinski definition) is 0. The van der Waals surface area contributed by atoms with Crippen molar-refractivity contribution in [2.45, 2.75) is 265 Å². The number of rotatable bonds is 40. The fourth-order valence-corrected chi connectivity index (χ4v) is 6.89. The van der Waals surface area contributed by atoms with Gasteiger partial charge in [0.2, 0.25) is 0 Å². The van der Waals surface area contributed by atoms with Crippen molar-refractivity contribution in [2.24, 2.45) is 5.92 Å². The quantitative estimate of drug-likeness (QED) is 0.0474. The van der Waals surface area contributed by atoms with Crippen LogP contribution in [-0.4, -0.2) is 30.6 Å². The summed E-state index contributed by atoms with van der Waals surface area (Å²) in [4.78, 5) is 25.9. The van der Waals surface area contributed by atoms with Crippen molar-refractivity contribution in [1.29, 1.82) is 0 Å². The molecule has 0 aromatic heterocycles. The number of Topliss-reactive ketones (excluding diaryl/α,β-unsaturated/α-hetero) is 1. The number of carbonyl (C=O) groups is 2. The molecule has 0 aliphatic heterocycles. The van der Waals surface area contributed by atoms with Crippen molar-refractivity contribution in [1.82, 2.24) is 0 Å². The summed E-state index contributed by atoms with van der Waals surface area (Å²) >= 11 is 0. The molecule has 0 fully saturated rings. The van der Waals surface area contributed by atoms with Crippen LogP contribution in [0.2, 0.25) is 0 Å². The van der Waals surface area contributed by atoms with Gasteiger partial charge in [0, 0.05) is 18.9 Å². The van der Waals surface area contributed by atoms with Crippen LogP contribution in [0.1, 0.15) is 253 Å². The van der Waals surface area contributed by atoms with E-state index in [1.165, 1.54) is 167 Å². The molecule has 4 nitrogen and oxygen atoms in total. The Hall–Kier alpha value is -0.900. The molecule has 0 bridgehead atoms. The summed E-state index contributed by atoms with van der Waals surface area (Å²) in [6.45, 7) is 11.5. The molecule has 0 aliphatic rings. The molecule has 2 atom stereocenters. The van der Waals surface area contributed by atoms with Crippen LogP contribution < -0.4 is 0 Å². The van der Waals surface area contributed by atoms with Gasteiger partial charge in [0.15, 0.2) is 0 Å². The predicted molar refractivity (Wildman–Crippen MR) is 213 cm³/mol. The Bertz CT molecular complexity index is 690. The Morgan fingerprint density at radius 1 is 0.408 bits per heavy atom. The fraction of sp³-hybridized carbons (Fsp3) is 0.956. The van der Waals surface area contributed by atoms with E-state index >= 15 is 0 Å². The molecule has 0 saturated carbocycles. The number of ketones is 1. The van der Waals surface area contributed by atoms with E-state index in [1.807, 2.05) is 13.8 Å². The minimum atomic E-state index is -0.295. The molecule has 0 N–H and O–H groups in total. The second-order valence-electron chi connectivity index (χ2n) is 15.8. The molecule has 0 unspecified atom stereocenters. The largest absolute Gasteiger partial charge is 0.462 e. The first kappa shape index (κ1) is 48.1. The summed E-state index contributed by atoms with van der Waals surface area (Å²) in [5, 5.41) is 0. The van der Waals surface area contributed by atoms with Crippen molar-refractivity contribution in [3.8, 4) is 0 Å². The molecule has 0 saturated heterocycles. The van der Waals surface area contributed by atoms with Gasteiger partial charge in [-0.25, -0.2) is 0 Å². The van der Waals surface area contributed by atoms with Crippen molar-refractivity contribution in [3.63, 3.8) is 0 Å². The van der Waals surface area contributed by atoms with Gasteiger partial charge < -0.3 is 9.47 Å². The van der Waals surface area contributed by atoms with Gasteiger partial charge in [-0.2, -0.15) is 0 Å². The zero-order valence-electron chi connectivity index (χ0n) is 34.1. The molecule has 0 amide bonds. The van der Waals surface area contributed by atoms with E-state index in [4.69, 9.17) is 9.47 Å². The standard InChI is InChI=1S/C45H88O4/c1-6-9-12-15-18-21-23-25-28-31-34-37-43(39-44(46)41(4)5)49-45(47)40-42(36-33-30-27-24-20-17-14-11-8-3)48-38-35-32-29-26-22-19-16-13-10-7-2/h41-43H,6-40H2,1-5H3/t42-,43-/m1/s1. The number of hydrogen-bond acceptors (Lipinski definition) is 4. The normalized spacial score (nSPS) is 12.9. The maximum atomic E-state index is 13.3. The summed E-state index contributed by atoms with van der Waals surface area (Å²) < 4.78 is 12.4. The number of unbranched alkanes of at least 4 members (excludes halogenated alkanes) is 27. The second kappa shape index (κ2) is 38.3. The minimum Gasteiger partial charge on any atom is -0.462 e. The number of esters is 1. The van der Waals surface area contributed by atoms with Crippen LogP contribution in [0, 0.1) is 5.92 Å². The molecule has 0 aromatic rings. The third kappa shape index (κ3) is 35.3. The first-order valence-electron chi connectivity index (χ1n) is 22.3. The lowest BCUT2D eigenvalue weighted by Crippen LogP contribution is -2.27. The van der Waals surface area contributed by atoms with Gasteiger partial charge in [0.1, 0.15) is 11.9 Å². The van der Waals surface area contributed by atoms with Crippen LogP contribution in [0.15, 0.2) is 0 Å². The molecule has 0 aromatic carbocycles. The monoisotopic (exact) mass is 693 g/mol. The third-order valence-electron chi connectivity index (χ3n) is 10.4. The van der Waals surface area contributed by atoms with Gasteiger partial charge >= 0.3 is 5.97 Å². The zero-order valence-corrected chi connectivity index (χ0v) is 34.1. The Kier molecular flexibility index (Phi) is 37.6. The molecular weight excluding hydrogens is 604 g/mol. The van der Waals surface area contributed by atoms with Crippen molar-refractivity contribution >= 4 is 11.8 Å². The summed E-state index contributed by atoms with van der Waals surface area (Å²) in [5.41, 5.74) is 0. The van der Waals surface area contributed by atoms with Crippen molar-refractivity contribution in [3.05, 3.63) is 0 Å². The van der Waals surface area contributed by atoms with Gasteiger partial charge in [0.05, 0.1) is 12.5 Å². The smallest absolute Gasteiger partial charge is 0.308 e. The summed E-state index contributed by atoms with van der Waals surface area (Å²) in [7, 11) is 0. The molecule has 49 heavy (non-hydrogen) atoms. The summed E-state index contributed by atoms with van der Waals surface area (Å²) in [6.07, 6.45) is 41.0. The van der Waals surface area contributed by atoms with Crippen LogP contribution in [0.4, 0.5) is 0 Å². The fourth-order valence-electron chi connectivity index (χ4n) is 6.89. The highest BCUT2D eigenvalue weighted by molar-refractivity contribution is 5.81. The van der Waals surface area contributed by atoms with E-state index in [0.717, 1.165) is 45.1 Å². The number of carbonyl (C=O) groups excluding carboxylic acids is 2. The van der Waals surface area contributed by atoms with Gasteiger partial charge in [-0.3, -0.25) is 9.59 Å². The Morgan fingerprint density at radius 3 is 1.10 bits per heavy atom. The van der Waals surface area contributed by atoms with Gasteiger partial charge in [-0.1, -0.05) is 214 Å². The van der Waals surface area contributed by atoms with Gasteiger partial charge in [-0.05, 0) is 25.7 Å². The van der Waals surface area contributed by atoms with Crippen LogP contribution in [0.5, 0.6) is 0 Å². The Morgan fingerprint density at radius 2 is 0.735 bits per heavy atom. The van der Waals surface area contributed by atoms with Crippen LogP contribution in [0.25, 0.3) is 0 Å². The van der Waals surface area contributed by atoms with Crippen LogP contribution in [0.3, 0.4) is 0 Å². The Labute approximate surface area is 307 Å². The molecule has 0 heterocycles. The molecule has 4 heteroatoms. The third-order valence-corrected chi connectivity index (χ3v) is 10.4. The highest BCUT2D eigenvalue weighted by atomic mass is 16.5. The lowest BCUT2D eigenvalue weighted by Gasteiger charge is -2.21. The summed E-state index contributed by atoms with van der Waals surface area (Å²) in [6, 6.07) is 0. The zero-order chi connectivity index (χ0) is 36.0. The lowest BCUT2D eigenvalue weighted by atomic mass is 9.98. The van der Waals surface area contributed by atoms with Crippen molar-refractivity contribution < 1.29 is 19.1 Å². The average molecular weight is 693 g/mol. The van der Waals surface area contributed by atoms with E-state index in [9.17, 15) is 9.59 Å². The van der Waals surface area contributed by atoms with Gasteiger partial charge in [-0.15, -0.1) is 0 Å². The van der Waals surface area contributed by atoms with E-state index in [2.05, 4.69) is 20.8 Å². The first-order chi connectivity index (χ1) is 23.9. The van der Waals surface area contributed by atoms with E-state index in [0.29, 0.717) is 12.8 Å². The van der Waals surface area contributed by atoms with Crippen LogP contribution >= 0.6 is 0 Å². The predicted octanol–water partition coefficient (Wildman–Crippen LogP) is 14.8. The number of ether oxygens (including phenoxy) is 2. The SMILES string of the molecule is CCCCCCCCCCCCC[C@H](CC(=O)C(C)C)OC(=O)C[C@@H](CCCCCCCCCCC)OCCCCCCCCCCCC. The highest BCUT2D eigenvalue weighted by Crippen LogP contribution is 2.20. The average Bonchev–Trinajstić information content (AvgIpc) is 3.08. The van der Waals surface area contributed by atoms with E-state index in [-0.39, 0.29) is 29.9 Å². The Balaban J connectivity index is 4.67. The summed E-state index contributed by atoms with van der Waals surface area (Å²) in [5.74, 6) is 0.000246. The first-order valence-corrected chi connectivity index (χ1v) is 22.3. The van der Waals surface area contributed by atoms with Crippen LogP contribution in [-0.2, 0) is 19.1 Å². The molecular formula is C45H88O4. The minimum absolute atomic E-state index is 0.0256. The maximum Gasteiger partial charge on any atom is 0.308 e. The molecule has 0 aliphatic carbocycles. The second-order valence-corrected chi connectivity index (χ2v) is 15.8. The molecule has 0 spiro atoms. The lowest BCUT2D eigenvalue weighted by molar-refractivity contribution is -0.154. The van der Waals surface area contributed by atoms with E-state index < -0.39 is 0 Å². The maximum absolute atomic E-state index is 13.3. The molecule has 292 valence electrons. The topological polar surface area (TPSA) is 52.6 Å². The molecule has 0 rings (SSSR count). The molecule has 0 radical (unpaired) electrons. The highest BCUT2D eigenvalue weighted by Gasteiger charge is 2.22. The van der Waals surface area contributed by atoms with Crippen molar-refractivity contribution in [2.75, 3.05) is 6.61 Å². The van der Waals surface area contributed by atoms with E-state index in [1.54, 1.807) is 0 Å². The van der Waals surface area contributed by atoms with Gasteiger partial charge in [0.25, 0.3) is 0 Å².